The van der Waals surface area contributed by atoms with Crippen molar-refractivity contribution in [2.24, 2.45) is 0 Å². The minimum absolute atomic E-state index is 0.431. The molecule has 0 radical (unpaired) electrons. The van der Waals surface area contributed by atoms with Crippen LogP contribution in [0.4, 0.5) is 0 Å². The van der Waals surface area contributed by atoms with Crippen LogP contribution in [0, 0.1) is 0 Å². The second kappa shape index (κ2) is 3.17. The minimum Gasteiger partial charge on any atom is -0.343 e. The van der Waals surface area contributed by atoms with Gasteiger partial charge in [-0.2, -0.15) is 11.3 Å². The van der Waals surface area contributed by atoms with E-state index >= 15 is 0 Å². The standard InChI is InChI=1S/C9H12O2S/c1-2-9(10-4-5-11-9)8-3-6-12-7-8/h3,6-7H,2,4-5H2,1H3. The summed E-state index contributed by atoms with van der Waals surface area (Å²) in [4.78, 5) is 0. The molecule has 1 aliphatic heterocycles. The highest BCUT2D eigenvalue weighted by Crippen LogP contribution is 2.35. The van der Waals surface area contributed by atoms with Gasteiger partial charge in [-0.1, -0.05) is 6.92 Å². The third-order valence-electron chi connectivity index (χ3n) is 2.18. The van der Waals surface area contributed by atoms with E-state index in [2.05, 4.69) is 23.8 Å². The molecule has 0 N–H and O–H groups in total. The highest BCUT2D eigenvalue weighted by molar-refractivity contribution is 7.08. The lowest BCUT2D eigenvalue weighted by atomic mass is 10.1. The van der Waals surface area contributed by atoms with Crippen LogP contribution >= 0.6 is 11.3 Å². The predicted octanol–water partition coefficient (Wildman–Crippen LogP) is 2.36. The SMILES string of the molecule is CCC1(c2ccsc2)OCCO1. The molecule has 2 nitrogen and oxygen atoms in total. The lowest BCUT2D eigenvalue weighted by Gasteiger charge is -2.24. The zero-order chi connectivity index (χ0) is 8.44. The van der Waals surface area contributed by atoms with Crippen LogP contribution in [-0.2, 0) is 15.3 Å². The van der Waals surface area contributed by atoms with Crippen molar-refractivity contribution in [1.82, 2.24) is 0 Å². The van der Waals surface area contributed by atoms with Gasteiger partial charge in [0.2, 0.25) is 0 Å². The number of thiophene rings is 1. The number of ether oxygens (including phenoxy) is 2. The summed E-state index contributed by atoms with van der Waals surface area (Å²) in [6.45, 7) is 3.51. The fourth-order valence-electron chi connectivity index (χ4n) is 1.51. The Labute approximate surface area is 76.1 Å². The first kappa shape index (κ1) is 8.23. The molecule has 1 fully saturated rings. The molecule has 0 aliphatic carbocycles. The van der Waals surface area contributed by atoms with Crippen molar-refractivity contribution in [2.45, 2.75) is 19.1 Å². The normalized spacial score (nSPS) is 21.4. The maximum atomic E-state index is 5.62. The molecule has 66 valence electrons. The number of hydrogen-bond acceptors (Lipinski definition) is 3. The van der Waals surface area contributed by atoms with Crippen LogP contribution in [0.1, 0.15) is 18.9 Å². The Kier molecular flexibility index (Phi) is 2.17. The van der Waals surface area contributed by atoms with Crippen molar-refractivity contribution in [1.29, 1.82) is 0 Å². The van der Waals surface area contributed by atoms with Gasteiger partial charge < -0.3 is 9.47 Å². The third kappa shape index (κ3) is 1.18. The summed E-state index contributed by atoms with van der Waals surface area (Å²) in [6, 6.07) is 2.07. The Morgan fingerprint density at radius 3 is 2.75 bits per heavy atom. The lowest BCUT2D eigenvalue weighted by molar-refractivity contribution is -0.167. The van der Waals surface area contributed by atoms with Gasteiger partial charge in [0.1, 0.15) is 0 Å². The van der Waals surface area contributed by atoms with E-state index in [0.717, 1.165) is 12.0 Å². The van der Waals surface area contributed by atoms with Crippen LogP contribution in [0.25, 0.3) is 0 Å². The molecule has 0 unspecified atom stereocenters. The van der Waals surface area contributed by atoms with Gasteiger partial charge in [0.05, 0.1) is 13.2 Å². The molecular formula is C9H12O2S. The van der Waals surface area contributed by atoms with E-state index in [0.29, 0.717) is 13.2 Å². The van der Waals surface area contributed by atoms with Gasteiger partial charge >= 0.3 is 0 Å². The van der Waals surface area contributed by atoms with E-state index in [4.69, 9.17) is 9.47 Å². The molecule has 1 aromatic rings. The van der Waals surface area contributed by atoms with E-state index in [1.807, 2.05) is 0 Å². The van der Waals surface area contributed by atoms with Crippen molar-refractivity contribution < 1.29 is 9.47 Å². The highest BCUT2D eigenvalue weighted by Gasteiger charge is 2.36. The largest absolute Gasteiger partial charge is 0.343 e. The lowest BCUT2D eigenvalue weighted by Crippen LogP contribution is -2.25. The predicted molar refractivity (Wildman–Crippen MR) is 48.2 cm³/mol. The van der Waals surface area contributed by atoms with Crippen LogP contribution in [0.15, 0.2) is 16.8 Å². The second-order valence-electron chi connectivity index (χ2n) is 2.82. The van der Waals surface area contributed by atoms with Crippen molar-refractivity contribution in [3.8, 4) is 0 Å². The van der Waals surface area contributed by atoms with Crippen LogP contribution in [0.2, 0.25) is 0 Å². The van der Waals surface area contributed by atoms with Gasteiger partial charge in [0.15, 0.2) is 5.79 Å². The topological polar surface area (TPSA) is 18.5 Å². The average molecular weight is 184 g/mol. The summed E-state index contributed by atoms with van der Waals surface area (Å²) < 4.78 is 11.2. The van der Waals surface area contributed by atoms with E-state index in [9.17, 15) is 0 Å². The smallest absolute Gasteiger partial charge is 0.195 e. The Morgan fingerprint density at radius 1 is 1.50 bits per heavy atom. The van der Waals surface area contributed by atoms with E-state index < -0.39 is 5.79 Å². The summed E-state index contributed by atoms with van der Waals surface area (Å²) in [5, 5.41) is 4.15. The third-order valence-corrected chi connectivity index (χ3v) is 2.86. The van der Waals surface area contributed by atoms with Gasteiger partial charge in [0.25, 0.3) is 0 Å². The van der Waals surface area contributed by atoms with Crippen molar-refractivity contribution in [2.75, 3.05) is 13.2 Å². The van der Waals surface area contributed by atoms with Gasteiger partial charge in [-0.15, -0.1) is 0 Å². The highest BCUT2D eigenvalue weighted by atomic mass is 32.1. The summed E-state index contributed by atoms with van der Waals surface area (Å²) in [5.74, 6) is -0.431. The molecule has 0 amide bonds. The molecule has 2 heterocycles. The molecule has 1 aromatic heterocycles. The molecule has 0 bridgehead atoms. The van der Waals surface area contributed by atoms with Crippen molar-refractivity contribution in [3.63, 3.8) is 0 Å². The van der Waals surface area contributed by atoms with E-state index in [1.165, 1.54) is 0 Å². The van der Waals surface area contributed by atoms with Gasteiger partial charge in [-0.25, -0.2) is 0 Å². The zero-order valence-corrected chi connectivity index (χ0v) is 7.89. The molecule has 0 saturated carbocycles. The van der Waals surface area contributed by atoms with Gasteiger partial charge in [0, 0.05) is 12.0 Å². The first-order valence-corrected chi connectivity index (χ1v) is 5.12. The van der Waals surface area contributed by atoms with Crippen LogP contribution in [0.3, 0.4) is 0 Å². The monoisotopic (exact) mass is 184 g/mol. The first-order valence-electron chi connectivity index (χ1n) is 4.18. The fraction of sp³-hybridized carbons (Fsp3) is 0.556. The number of hydrogen-bond donors (Lipinski definition) is 0. The first-order chi connectivity index (χ1) is 5.87. The molecule has 1 saturated heterocycles. The van der Waals surface area contributed by atoms with Gasteiger partial charge in [-0.3, -0.25) is 0 Å². The molecular weight excluding hydrogens is 172 g/mol. The Hall–Kier alpha value is -0.380. The Balaban J connectivity index is 2.28. The number of rotatable bonds is 2. The van der Waals surface area contributed by atoms with Gasteiger partial charge in [-0.05, 0) is 16.8 Å². The summed E-state index contributed by atoms with van der Waals surface area (Å²) in [6.07, 6.45) is 0.879. The van der Waals surface area contributed by atoms with Crippen molar-refractivity contribution >= 4 is 11.3 Å². The summed E-state index contributed by atoms with van der Waals surface area (Å²) in [5.41, 5.74) is 1.16. The summed E-state index contributed by atoms with van der Waals surface area (Å²) in [7, 11) is 0. The molecule has 0 atom stereocenters. The Morgan fingerprint density at radius 2 is 2.25 bits per heavy atom. The minimum atomic E-state index is -0.431. The second-order valence-corrected chi connectivity index (χ2v) is 3.60. The van der Waals surface area contributed by atoms with Crippen LogP contribution in [0.5, 0.6) is 0 Å². The fourth-order valence-corrected chi connectivity index (χ4v) is 2.22. The molecule has 2 rings (SSSR count). The van der Waals surface area contributed by atoms with E-state index in [1.54, 1.807) is 11.3 Å². The molecule has 0 spiro atoms. The maximum absolute atomic E-state index is 5.62. The quantitative estimate of drug-likeness (QED) is 0.702. The average Bonchev–Trinajstić information content (AvgIpc) is 2.76. The van der Waals surface area contributed by atoms with Crippen molar-refractivity contribution in [3.05, 3.63) is 22.4 Å². The maximum Gasteiger partial charge on any atom is 0.195 e. The molecule has 0 aromatic carbocycles. The molecule has 1 aliphatic rings. The summed E-state index contributed by atoms with van der Waals surface area (Å²) >= 11 is 1.68. The Bertz CT molecular complexity index is 237. The van der Waals surface area contributed by atoms with E-state index in [-0.39, 0.29) is 0 Å². The van der Waals surface area contributed by atoms with Crippen LogP contribution in [-0.4, -0.2) is 13.2 Å². The molecule has 3 heteroatoms. The zero-order valence-electron chi connectivity index (χ0n) is 7.08. The molecule has 12 heavy (non-hydrogen) atoms. The van der Waals surface area contributed by atoms with Crippen LogP contribution < -0.4 is 0 Å².